The number of hydrogen-bond donors (Lipinski definition) is 3. The van der Waals surface area contributed by atoms with E-state index in [0.717, 1.165) is 5.56 Å². The predicted octanol–water partition coefficient (Wildman–Crippen LogP) is 2.56. The van der Waals surface area contributed by atoms with Gasteiger partial charge in [0.2, 0.25) is 6.29 Å². The Kier molecular flexibility index (Phi) is 9.83. The van der Waals surface area contributed by atoms with Gasteiger partial charge in [-0.2, -0.15) is 0 Å². The number of allylic oxidation sites excluding steroid dienone is 1. The van der Waals surface area contributed by atoms with Gasteiger partial charge in [0.15, 0.2) is 5.76 Å². The molecule has 2 aromatic rings. The minimum Gasteiger partial charge on any atom is -0.459 e. The Balaban J connectivity index is 1.53. The molecule has 0 unspecified atom stereocenters. The lowest BCUT2D eigenvalue weighted by Gasteiger charge is -2.29. The van der Waals surface area contributed by atoms with Gasteiger partial charge in [0.25, 0.3) is 11.6 Å². The van der Waals surface area contributed by atoms with Gasteiger partial charge >= 0.3 is 0 Å². The van der Waals surface area contributed by atoms with Crippen LogP contribution in [0.3, 0.4) is 0 Å². The van der Waals surface area contributed by atoms with E-state index in [1.165, 1.54) is 12.1 Å². The molecule has 3 N–H and O–H groups in total. The summed E-state index contributed by atoms with van der Waals surface area (Å²) in [7, 11) is 0. The summed E-state index contributed by atoms with van der Waals surface area (Å²) >= 11 is 0. The molecule has 0 fully saturated rings. The van der Waals surface area contributed by atoms with Crippen molar-refractivity contribution in [2.24, 2.45) is 0 Å². The first-order valence-corrected chi connectivity index (χ1v) is 11.1. The van der Waals surface area contributed by atoms with Crippen molar-refractivity contribution in [1.29, 1.82) is 0 Å². The fraction of sp³-hybridized carbons (Fsp3) is 0.375. The number of ether oxygens (including phenoxy) is 3. The number of nitro benzene ring substituents is 1. The Morgan fingerprint density at radius 1 is 1.09 bits per heavy atom. The van der Waals surface area contributed by atoms with Gasteiger partial charge in [0.05, 0.1) is 31.4 Å². The molecular formula is C24H29N3O7. The van der Waals surface area contributed by atoms with Gasteiger partial charge < -0.3 is 30.0 Å². The Morgan fingerprint density at radius 3 is 2.56 bits per heavy atom. The summed E-state index contributed by atoms with van der Waals surface area (Å²) in [6, 6.07) is 15.9. The Bertz CT molecular complexity index is 951. The molecule has 2 aromatic carbocycles. The number of nitrogens with one attached hydrogen (secondary N) is 2. The number of nitro groups is 1. The molecule has 1 amide bonds. The van der Waals surface area contributed by atoms with Crippen molar-refractivity contribution in [3.8, 4) is 0 Å². The molecule has 1 aliphatic heterocycles. The summed E-state index contributed by atoms with van der Waals surface area (Å²) in [6.07, 6.45) is 1.76. The van der Waals surface area contributed by atoms with E-state index >= 15 is 0 Å². The van der Waals surface area contributed by atoms with E-state index in [0.29, 0.717) is 31.8 Å². The highest BCUT2D eigenvalue weighted by Gasteiger charge is 2.28. The van der Waals surface area contributed by atoms with Gasteiger partial charge in [-0.05, 0) is 23.8 Å². The van der Waals surface area contributed by atoms with Crippen LogP contribution in [0, 0.1) is 10.1 Å². The molecule has 10 heteroatoms. The number of non-ortho nitro benzene ring substituents is 1. The number of carbonyl (C=O) groups excluding carboxylic acids is 1. The Labute approximate surface area is 197 Å². The molecule has 0 spiro atoms. The SMILES string of the molecule is O=C(NCCNc1ccc([N+](=O)[O-])cc1)C1=C[C@@H](c2ccccc2)C[C@@H](OCCOCCO)O1. The molecule has 10 nitrogen and oxygen atoms in total. The van der Waals surface area contributed by atoms with E-state index in [4.69, 9.17) is 19.3 Å². The van der Waals surface area contributed by atoms with Gasteiger partial charge in [0, 0.05) is 43.2 Å². The van der Waals surface area contributed by atoms with Crippen LogP contribution < -0.4 is 10.6 Å². The van der Waals surface area contributed by atoms with E-state index in [2.05, 4.69) is 10.6 Å². The number of anilines is 1. The zero-order chi connectivity index (χ0) is 24.2. The first kappa shape index (κ1) is 25.2. The summed E-state index contributed by atoms with van der Waals surface area (Å²) in [4.78, 5) is 23.0. The maximum Gasteiger partial charge on any atom is 0.286 e. The fourth-order valence-corrected chi connectivity index (χ4v) is 3.43. The number of nitrogens with zero attached hydrogens (tertiary/aromatic N) is 1. The summed E-state index contributed by atoms with van der Waals surface area (Å²) in [5, 5.41) is 25.4. The molecule has 182 valence electrons. The molecule has 0 saturated heterocycles. The van der Waals surface area contributed by atoms with Gasteiger partial charge in [-0.1, -0.05) is 30.3 Å². The molecule has 0 saturated carbocycles. The maximum atomic E-state index is 12.8. The predicted molar refractivity (Wildman–Crippen MR) is 125 cm³/mol. The monoisotopic (exact) mass is 471 g/mol. The third-order valence-corrected chi connectivity index (χ3v) is 5.09. The number of amides is 1. The minimum absolute atomic E-state index is 0.0185. The first-order chi connectivity index (χ1) is 16.6. The van der Waals surface area contributed by atoms with Crippen molar-refractivity contribution in [2.75, 3.05) is 44.8 Å². The van der Waals surface area contributed by atoms with Crippen LogP contribution in [-0.2, 0) is 19.0 Å². The number of carbonyl (C=O) groups is 1. The number of rotatable bonds is 13. The number of hydrogen-bond acceptors (Lipinski definition) is 8. The van der Waals surface area contributed by atoms with Crippen molar-refractivity contribution in [2.45, 2.75) is 18.6 Å². The van der Waals surface area contributed by atoms with Crippen molar-refractivity contribution in [3.05, 3.63) is 82.1 Å². The van der Waals surface area contributed by atoms with Crippen LogP contribution in [0.5, 0.6) is 0 Å². The van der Waals surface area contributed by atoms with Crippen LogP contribution >= 0.6 is 0 Å². The van der Waals surface area contributed by atoms with E-state index in [1.54, 1.807) is 18.2 Å². The van der Waals surface area contributed by atoms with Gasteiger partial charge in [-0.15, -0.1) is 0 Å². The van der Waals surface area contributed by atoms with Crippen LogP contribution in [0.1, 0.15) is 17.9 Å². The molecule has 1 aliphatic rings. The van der Waals surface area contributed by atoms with Crippen LogP contribution in [0.15, 0.2) is 66.4 Å². The standard InChI is InChI=1S/C24H29N3O7/c28-12-13-32-14-15-33-23-17-19(18-4-2-1-3-5-18)16-22(34-23)24(29)26-11-10-25-20-6-8-21(9-7-20)27(30)31/h1-9,16,19,23,25,28H,10-15,17H2,(H,26,29)/t19-,23+/m1/s1. The van der Waals surface area contributed by atoms with E-state index in [-0.39, 0.29) is 43.1 Å². The summed E-state index contributed by atoms with van der Waals surface area (Å²) in [5.41, 5.74) is 1.79. The van der Waals surface area contributed by atoms with Gasteiger partial charge in [-0.3, -0.25) is 14.9 Å². The molecule has 2 atom stereocenters. The number of aliphatic hydroxyl groups is 1. The smallest absolute Gasteiger partial charge is 0.286 e. The quantitative estimate of drug-likeness (QED) is 0.231. The normalized spacial score (nSPS) is 17.4. The zero-order valence-electron chi connectivity index (χ0n) is 18.7. The lowest BCUT2D eigenvalue weighted by molar-refractivity contribution is -0.384. The van der Waals surface area contributed by atoms with Crippen molar-refractivity contribution >= 4 is 17.3 Å². The highest BCUT2D eigenvalue weighted by molar-refractivity contribution is 5.91. The molecule has 0 aromatic heterocycles. The molecule has 0 aliphatic carbocycles. The third-order valence-electron chi connectivity index (χ3n) is 5.09. The average molecular weight is 472 g/mol. The molecule has 34 heavy (non-hydrogen) atoms. The highest BCUT2D eigenvalue weighted by atomic mass is 16.7. The largest absolute Gasteiger partial charge is 0.459 e. The summed E-state index contributed by atoms with van der Waals surface area (Å²) < 4.78 is 16.8. The van der Waals surface area contributed by atoms with Crippen molar-refractivity contribution in [3.63, 3.8) is 0 Å². The second kappa shape index (κ2) is 13.3. The van der Waals surface area contributed by atoms with Crippen LogP contribution in [0.4, 0.5) is 11.4 Å². The molecule has 1 heterocycles. The van der Waals surface area contributed by atoms with E-state index in [1.807, 2.05) is 30.3 Å². The first-order valence-electron chi connectivity index (χ1n) is 11.1. The Morgan fingerprint density at radius 2 is 1.85 bits per heavy atom. The topological polar surface area (TPSA) is 132 Å². The van der Waals surface area contributed by atoms with E-state index < -0.39 is 11.2 Å². The van der Waals surface area contributed by atoms with Crippen molar-refractivity contribution in [1.82, 2.24) is 5.32 Å². The molecule has 0 bridgehead atoms. The molecule has 3 rings (SSSR count). The van der Waals surface area contributed by atoms with Gasteiger partial charge in [-0.25, -0.2) is 0 Å². The third kappa shape index (κ3) is 7.84. The van der Waals surface area contributed by atoms with Crippen LogP contribution in [0.2, 0.25) is 0 Å². The minimum atomic E-state index is -0.605. The summed E-state index contributed by atoms with van der Waals surface area (Å²) in [6.45, 7) is 1.54. The lowest BCUT2D eigenvalue weighted by atomic mass is 9.93. The maximum absolute atomic E-state index is 12.8. The number of benzene rings is 2. The fourth-order valence-electron chi connectivity index (χ4n) is 3.43. The van der Waals surface area contributed by atoms with Gasteiger partial charge in [0.1, 0.15) is 0 Å². The second-order valence-electron chi connectivity index (χ2n) is 7.52. The van der Waals surface area contributed by atoms with Crippen molar-refractivity contribution < 1.29 is 29.0 Å². The second-order valence-corrected chi connectivity index (χ2v) is 7.52. The highest BCUT2D eigenvalue weighted by Crippen LogP contribution is 2.31. The Hall–Kier alpha value is -3.47. The van der Waals surface area contributed by atoms with Crippen LogP contribution in [0.25, 0.3) is 0 Å². The molecular weight excluding hydrogens is 442 g/mol. The number of aliphatic hydroxyl groups excluding tert-OH is 1. The summed E-state index contributed by atoms with van der Waals surface area (Å²) in [5.74, 6) is -0.203. The lowest BCUT2D eigenvalue weighted by Crippen LogP contribution is -2.35. The van der Waals surface area contributed by atoms with Crippen LogP contribution in [-0.4, -0.2) is 61.7 Å². The zero-order valence-corrected chi connectivity index (χ0v) is 18.7. The molecule has 0 radical (unpaired) electrons. The average Bonchev–Trinajstić information content (AvgIpc) is 2.87. The van der Waals surface area contributed by atoms with E-state index in [9.17, 15) is 14.9 Å².